The maximum absolute atomic E-state index is 12.9. The molecule has 0 spiro atoms. The lowest BCUT2D eigenvalue weighted by Gasteiger charge is -2.46. The topological polar surface area (TPSA) is 94.5 Å². The van der Waals surface area contributed by atoms with E-state index in [0.717, 1.165) is 33.4 Å². The second-order valence-corrected chi connectivity index (χ2v) is 11.0. The highest BCUT2D eigenvalue weighted by molar-refractivity contribution is 6.30. The van der Waals surface area contributed by atoms with E-state index < -0.39 is 6.09 Å². The highest BCUT2D eigenvalue weighted by atomic mass is 35.5. The Morgan fingerprint density at radius 2 is 2.00 bits per heavy atom. The molecule has 1 aromatic carbocycles. The smallest absolute Gasteiger partial charge is 0.407 e. The molecule has 9 heteroatoms. The molecule has 1 unspecified atom stereocenters. The number of halogens is 1. The van der Waals surface area contributed by atoms with Crippen LogP contribution in [0.25, 0.3) is 22.2 Å². The second kappa shape index (κ2) is 9.59. The number of nitrogens with one attached hydrogen (secondary N) is 1. The van der Waals surface area contributed by atoms with E-state index in [9.17, 15) is 14.7 Å². The molecule has 37 heavy (non-hydrogen) atoms. The summed E-state index contributed by atoms with van der Waals surface area (Å²) in [6.45, 7) is 8.25. The molecule has 0 saturated carbocycles. The predicted octanol–water partition coefficient (Wildman–Crippen LogP) is 5.31. The van der Waals surface area contributed by atoms with Gasteiger partial charge in [-0.3, -0.25) is 4.79 Å². The van der Waals surface area contributed by atoms with Gasteiger partial charge in [0.15, 0.2) is 0 Å². The van der Waals surface area contributed by atoms with Crippen LogP contribution < -0.4 is 10.5 Å². The van der Waals surface area contributed by atoms with E-state index in [1.54, 1.807) is 21.7 Å². The first-order valence-electron chi connectivity index (χ1n) is 12.3. The van der Waals surface area contributed by atoms with Crippen LogP contribution >= 0.6 is 11.6 Å². The minimum Gasteiger partial charge on any atom is -0.465 e. The van der Waals surface area contributed by atoms with Crippen molar-refractivity contribution in [1.29, 1.82) is 0 Å². The van der Waals surface area contributed by atoms with Gasteiger partial charge < -0.3 is 24.5 Å². The summed E-state index contributed by atoms with van der Waals surface area (Å²) in [7, 11) is 0. The molecule has 1 atom stereocenters. The molecule has 2 N–H and O–H groups in total. The number of pyridine rings is 2. The number of anilines is 1. The summed E-state index contributed by atoms with van der Waals surface area (Å²) in [6.07, 6.45) is 4.61. The summed E-state index contributed by atoms with van der Waals surface area (Å²) in [5.74, 6) is 0. The number of carbonyl (C=O) groups is 1. The molecular weight excluding hydrogens is 490 g/mol. The van der Waals surface area contributed by atoms with E-state index in [-0.39, 0.29) is 17.0 Å². The number of fused-ring (bicyclic) bond motifs is 1. The van der Waals surface area contributed by atoms with Crippen molar-refractivity contribution in [2.75, 3.05) is 24.5 Å². The van der Waals surface area contributed by atoms with Crippen LogP contribution in [0.15, 0.2) is 65.8 Å². The van der Waals surface area contributed by atoms with Crippen molar-refractivity contribution in [2.45, 2.75) is 33.4 Å². The van der Waals surface area contributed by atoms with E-state index in [1.807, 2.05) is 42.7 Å². The van der Waals surface area contributed by atoms with Crippen LogP contribution in [-0.2, 0) is 6.54 Å². The van der Waals surface area contributed by atoms with Gasteiger partial charge in [-0.25, -0.2) is 9.78 Å². The van der Waals surface area contributed by atoms with E-state index in [1.165, 1.54) is 0 Å². The molecule has 4 heterocycles. The normalized spacial score (nSPS) is 16.4. The molecule has 0 radical (unpaired) electrons. The van der Waals surface area contributed by atoms with Crippen LogP contribution in [0.2, 0.25) is 5.02 Å². The third-order valence-electron chi connectivity index (χ3n) is 7.06. The third-order valence-corrected chi connectivity index (χ3v) is 7.29. The maximum Gasteiger partial charge on any atom is 0.407 e. The Kier molecular flexibility index (Phi) is 6.45. The van der Waals surface area contributed by atoms with Gasteiger partial charge in [-0.2, -0.15) is 0 Å². The largest absolute Gasteiger partial charge is 0.465 e. The molecule has 8 nitrogen and oxygen atoms in total. The molecule has 0 aliphatic carbocycles. The summed E-state index contributed by atoms with van der Waals surface area (Å²) in [5.41, 5.74) is 4.02. The molecule has 1 saturated heterocycles. The Morgan fingerprint density at radius 1 is 1.19 bits per heavy atom. The second-order valence-electron chi connectivity index (χ2n) is 10.6. The number of nitrogens with zero attached hydrogens (tertiary/aromatic N) is 4. The van der Waals surface area contributed by atoms with Gasteiger partial charge in [-0.1, -0.05) is 44.5 Å². The monoisotopic (exact) mass is 519 g/mol. The van der Waals surface area contributed by atoms with Crippen molar-refractivity contribution in [3.05, 3.63) is 82.0 Å². The molecule has 1 aliphatic heterocycles. The Hall–Kier alpha value is -3.78. The number of carboxylic acid groups (broad SMARTS) is 1. The van der Waals surface area contributed by atoms with E-state index in [4.69, 9.17) is 11.6 Å². The fourth-order valence-corrected chi connectivity index (χ4v) is 5.24. The van der Waals surface area contributed by atoms with Gasteiger partial charge in [0.2, 0.25) is 0 Å². The zero-order valence-electron chi connectivity index (χ0n) is 21.1. The summed E-state index contributed by atoms with van der Waals surface area (Å²) in [5, 5.41) is 11.3. The molecule has 1 aliphatic rings. The molecule has 3 aromatic heterocycles. The third kappa shape index (κ3) is 5.06. The molecule has 4 aromatic rings. The van der Waals surface area contributed by atoms with Crippen LogP contribution in [0, 0.1) is 5.41 Å². The first-order chi connectivity index (χ1) is 17.6. The Bertz CT molecular complexity index is 1520. The lowest BCUT2D eigenvalue weighted by Crippen LogP contribution is -2.59. The zero-order valence-corrected chi connectivity index (χ0v) is 21.9. The fourth-order valence-electron chi connectivity index (χ4n) is 5.03. The number of rotatable bonds is 4. The summed E-state index contributed by atoms with van der Waals surface area (Å²) in [4.78, 5) is 36.3. The molecule has 1 fully saturated rings. The van der Waals surface area contributed by atoms with Gasteiger partial charge >= 0.3 is 6.09 Å². The number of aromatic amines is 1. The molecule has 1 amide bonds. The minimum absolute atomic E-state index is 0.103. The average molecular weight is 520 g/mol. The highest BCUT2D eigenvalue weighted by Gasteiger charge is 2.38. The standard InChI is InChI=1S/C28H30ClN5O3/c1-28(2,3)24-17-32(9-10-34(24)27(36)37)21-13-22-23(15-31-26(22)30-14-21)19-7-8-33(25(35)12-19)16-18-5-4-6-20(29)11-18/h4-8,11-15,24H,9-10,16-17H2,1-3H3,(H,30,31)(H,36,37). The van der Waals surface area contributed by atoms with Crippen LogP contribution in [0.3, 0.4) is 0 Å². The SMILES string of the molecule is CC(C)(C)C1CN(c2cnc3[nH]cc(-c4ccn(Cc5cccc(Cl)c5)c(=O)c4)c3c2)CCN1C(=O)O. The van der Waals surface area contributed by atoms with Crippen molar-refractivity contribution in [2.24, 2.45) is 5.41 Å². The van der Waals surface area contributed by atoms with Gasteiger partial charge in [0.25, 0.3) is 5.56 Å². The van der Waals surface area contributed by atoms with Gasteiger partial charge in [0, 0.05) is 54.1 Å². The first kappa shape index (κ1) is 24.9. The quantitative estimate of drug-likeness (QED) is 0.381. The summed E-state index contributed by atoms with van der Waals surface area (Å²) in [6, 6.07) is 13.0. The summed E-state index contributed by atoms with van der Waals surface area (Å²) >= 11 is 6.09. The number of aromatic nitrogens is 3. The van der Waals surface area contributed by atoms with Crippen molar-refractivity contribution in [3.63, 3.8) is 0 Å². The maximum atomic E-state index is 12.9. The highest BCUT2D eigenvalue weighted by Crippen LogP contribution is 2.33. The van der Waals surface area contributed by atoms with E-state index in [2.05, 4.69) is 41.7 Å². The van der Waals surface area contributed by atoms with Crippen LogP contribution in [0.1, 0.15) is 26.3 Å². The fraction of sp³-hybridized carbons (Fsp3) is 0.321. The Morgan fingerprint density at radius 3 is 2.70 bits per heavy atom. The average Bonchev–Trinajstić information content (AvgIpc) is 3.28. The first-order valence-corrected chi connectivity index (χ1v) is 12.6. The number of piperazine rings is 1. The van der Waals surface area contributed by atoms with Crippen molar-refractivity contribution >= 4 is 34.4 Å². The van der Waals surface area contributed by atoms with Crippen LogP contribution in [0.4, 0.5) is 10.5 Å². The minimum atomic E-state index is -0.883. The zero-order chi connectivity index (χ0) is 26.3. The van der Waals surface area contributed by atoms with Gasteiger partial charge in [0.1, 0.15) is 5.65 Å². The van der Waals surface area contributed by atoms with Gasteiger partial charge in [0.05, 0.1) is 24.5 Å². The van der Waals surface area contributed by atoms with Crippen molar-refractivity contribution in [3.8, 4) is 11.1 Å². The number of benzene rings is 1. The molecule has 0 bridgehead atoms. The molecular formula is C28H30ClN5O3. The number of amides is 1. The Labute approximate surface area is 220 Å². The van der Waals surface area contributed by atoms with Crippen molar-refractivity contribution in [1.82, 2.24) is 19.4 Å². The predicted molar refractivity (Wildman–Crippen MR) is 147 cm³/mol. The Balaban J connectivity index is 1.44. The van der Waals surface area contributed by atoms with Crippen molar-refractivity contribution < 1.29 is 9.90 Å². The summed E-state index contributed by atoms with van der Waals surface area (Å²) < 4.78 is 1.66. The lowest BCUT2D eigenvalue weighted by molar-refractivity contribution is 0.0748. The van der Waals surface area contributed by atoms with E-state index in [0.29, 0.717) is 31.2 Å². The van der Waals surface area contributed by atoms with Gasteiger partial charge in [-0.05, 0) is 40.8 Å². The van der Waals surface area contributed by atoms with Crippen LogP contribution in [0.5, 0.6) is 0 Å². The number of hydrogen-bond donors (Lipinski definition) is 2. The van der Waals surface area contributed by atoms with E-state index >= 15 is 0 Å². The lowest BCUT2D eigenvalue weighted by atomic mass is 9.84. The molecule has 192 valence electrons. The van der Waals surface area contributed by atoms with Gasteiger partial charge in [-0.15, -0.1) is 0 Å². The number of hydrogen-bond acceptors (Lipinski definition) is 4. The number of H-pyrrole nitrogens is 1. The molecule has 5 rings (SSSR count). The van der Waals surface area contributed by atoms with Crippen LogP contribution in [-0.4, -0.2) is 56.3 Å².